The lowest BCUT2D eigenvalue weighted by molar-refractivity contribution is 0.167. The first-order valence-corrected chi connectivity index (χ1v) is 11.1. The maximum atomic E-state index is 13.2. The molecule has 3 heterocycles. The van der Waals surface area contributed by atoms with Gasteiger partial charge in [-0.15, -0.1) is 5.10 Å². The number of aromatic amines is 1. The molecule has 1 aromatic carbocycles. The van der Waals surface area contributed by atoms with Gasteiger partial charge in [-0.25, -0.2) is 4.68 Å². The van der Waals surface area contributed by atoms with Gasteiger partial charge in [-0.3, -0.25) is 9.69 Å². The van der Waals surface area contributed by atoms with E-state index in [1.807, 2.05) is 16.8 Å². The quantitative estimate of drug-likeness (QED) is 0.671. The summed E-state index contributed by atoms with van der Waals surface area (Å²) in [7, 11) is 0. The van der Waals surface area contributed by atoms with Crippen molar-refractivity contribution in [3.05, 3.63) is 51.6 Å². The van der Waals surface area contributed by atoms with E-state index in [1.54, 1.807) is 0 Å². The lowest BCUT2D eigenvalue weighted by Gasteiger charge is -2.35. The average molecular weight is 409 g/mol. The summed E-state index contributed by atoms with van der Waals surface area (Å²) in [6.45, 7) is 10.4. The Hall–Kier alpha value is -2.54. The molecule has 0 unspecified atom stereocenters. The van der Waals surface area contributed by atoms with Crippen molar-refractivity contribution in [3.63, 3.8) is 0 Å². The minimum absolute atomic E-state index is 0.0637. The van der Waals surface area contributed by atoms with Gasteiger partial charge in [-0.2, -0.15) is 0 Å². The molecule has 160 valence electrons. The molecule has 7 nitrogen and oxygen atoms in total. The minimum Gasteiger partial charge on any atom is -0.322 e. The highest BCUT2D eigenvalue weighted by molar-refractivity contribution is 5.80. The number of H-pyrrole nitrogens is 1. The molecule has 0 amide bonds. The van der Waals surface area contributed by atoms with Crippen LogP contribution in [0.3, 0.4) is 0 Å². The molecular weight excluding hydrogens is 376 g/mol. The normalized spacial score (nSPS) is 16.8. The number of likely N-dealkylation sites (tertiary alicyclic amines) is 1. The Kier molecular flexibility index (Phi) is 5.73. The largest absolute Gasteiger partial charge is 0.322 e. The van der Waals surface area contributed by atoms with E-state index in [1.165, 1.54) is 12.0 Å². The van der Waals surface area contributed by atoms with Gasteiger partial charge in [0, 0.05) is 11.1 Å². The van der Waals surface area contributed by atoms with Crippen molar-refractivity contribution in [2.45, 2.75) is 71.4 Å². The van der Waals surface area contributed by atoms with Crippen molar-refractivity contribution in [2.24, 2.45) is 0 Å². The van der Waals surface area contributed by atoms with E-state index in [9.17, 15) is 4.79 Å². The van der Waals surface area contributed by atoms with Crippen LogP contribution in [0.25, 0.3) is 10.9 Å². The molecule has 0 radical (unpaired) electrons. The van der Waals surface area contributed by atoms with Gasteiger partial charge in [0.25, 0.3) is 5.56 Å². The van der Waals surface area contributed by atoms with E-state index in [0.717, 1.165) is 61.1 Å². The third-order valence-electron chi connectivity index (χ3n) is 6.57. The second kappa shape index (κ2) is 8.30. The summed E-state index contributed by atoms with van der Waals surface area (Å²) in [5, 5.41) is 13.9. The third-order valence-corrected chi connectivity index (χ3v) is 6.57. The Balaban J connectivity index is 1.90. The fourth-order valence-corrected chi connectivity index (χ4v) is 4.32. The van der Waals surface area contributed by atoms with Crippen molar-refractivity contribution in [2.75, 3.05) is 13.1 Å². The molecule has 1 aliphatic rings. The predicted molar refractivity (Wildman–Crippen MR) is 119 cm³/mol. The summed E-state index contributed by atoms with van der Waals surface area (Å²) in [6, 6.07) is 8.03. The zero-order chi connectivity index (χ0) is 21.3. The van der Waals surface area contributed by atoms with Crippen molar-refractivity contribution in [1.29, 1.82) is 0 Å². The van der Waals surface area contributed by atoms with Gasteiger partial charge in [0.2, 0.25) is 0 Å². The number of fused-ring (bicyclic) bond motifs is 1. The topological polar surface area (TPSA) is 79.7 Å². The number of hydrogen-bond acceptors (Lipinski definition) is 5. The number of benzene rings is 1. The van der Waals surface area contributed by atoms with Crippen LogP contribution >= 0.6 is 0 Å². The maximum Gasteiger partial charge on any atom is 0.253 e. The average Bonchev–Trinajstić information content (AvgIpc) is 3.25. The molecular formula is C23H32N6O. The molecule has 0 bridgehead atoms. The lowest BCUT2D eigenvalue weighted by Crippen LogP contribution is -2.40. The highest BCUT2D eigenvalue weighted by Crippen LogP contribution is 2.32. The summed E-state index contributed by atoms with van der Waals surface area (Å²) in [4.78, 5) is 18.7. The molecule has 1 atom stereocenters. The molecule has 0 aliphatic carbocycles. The van der Waals surface area contributed by atoms with E-state index in [0.29, 0.717) is 0 Å². The van der Waals surface area contributed by atoms with E-state index < -0.39 is 0 Å². The molecule has 4 rings (SSSR count). The first-order chi connectivity index (χ1) is 14.4. The van der Waals surface area contributed by atoms with Gasteiger partial charge in [0.15, 0.2) is 5.82 Å². The number of rotatable bonds is 6. The predicted octanol–water partition coefficient (Wildman–Crippen LogP) is 3.80. The fraction of sp³-hybridized carbons (Fsp3) is 0.565. The Morgan fingerprint density at radius 2 is 1.90 bits per heavy atom. The molecule has 1 N–H and O–H groups in total. The van der Waals surface area contributed by atoms with E-state index in [-0.39, 0.29) is 17.1 Å². The van der Waals surface area contributed by atoms with Crippen LogP contribution in [-0.2, 0) is 12.0 Å². The lowest BCUT2D eigenvalue weighted by atomic mass is 9.97. The van der Waals surface area contributed by atoms with Crippen LogP contribution in [0.1, 0.15) is 76.4 Å². The summed E-state index contributed by atoms with van der Waals surface area (Å²) < 4.78 is 1.92. The van der Waals surface area contributed by atoms with E-state index in [4.69, 9.17) is 0 Å². The number of aryl methyl sites for hydroxylation is 1. The summed E-state index contributed by atoms with van der Waals surface area (Å²) in [5.41, 5.74) is 2.55. The SMILES string of the molecule is CCc1ccc2[nH]c(=O)c([C@H](c3nnnn3C(C)(C)CC)N3CCCCC3)cc2c1. The first kappa shape index (κ1) is 20.7. The van der Waals surface area contributed by atoms with Crippen LogP contribution in [-0.4, -0.2) is 43.2 Å². The maximum absolute atomic E-state index is 13.2. The van der Waals surface area contributed by atoms with Crippen LogP contribution in [0, 0.1) is 0 Å². The number of piperidine rings is 1. The zero-order valence-corrected chi connectivity index (χ0v) is 18.5. The number of aromatic nitrogens is 5. The molecule has 1 saturated heterocycles. The highest BCUT2D eigenvalue weighted by Gasteiger charge is 2.34. The molecule has 7 heteroatoms. The fourth-order valence-electron chi connectivity index (χ4n) is 4.32. The molecule has 1 aliphatic heterocycles. The summed E-state index contributed by atoms with van der Waals surface area (Å²) >= 11 is 0. The van der Waals surface area contributed by atoms with E-state index in [2.05, 4.69) is 65.2 Å². The standard InChI is InChI=1S/C23H32N6O/c1-5-16-10-11-19-17(14-16)15-18(22(30)24-19)20(28-12-8-7-9-13-28)21-25-26-27-29(21)23(3,4)6-2/h10-11,14-15,20H,5-9,12-13H2,1-4H3,(H,24,30)/t20-/m1/s1. The van der Waals surface area contributed by atoms with Crippen LogP contribution in [0.15, 0.2) is 29.1 Å². The molecule has 0 saturated carbocycles. The van der Waals surface area contributed by atoms with E-state index >= 15 is 0 Å². The zero-order valence-electron chi connectivity index (χ0n) is 18.5. The number of nitrogens with one attached hydrogen (secondary N) is 1. The smallest absolute Gasteiger partial charge is 0.253 e. The second-order valence-electron chi connectivity index (χ2n) is 8.94. The van der Waals surface area contributed by atoms with Crippen molar-refractivity contribution >= 4 is 10.9 Å². The van der Waals surface area contributed by atoms with Gasteiger partial charge >= 0.3 is 0 Å². The number of nitrogens with zero attached hydrogens (tertiary/aromatic N) is 5. The van der Waals surface area contributed by atoms with Gasteiger partial charge < -0.3 is 4.98 Å². The summed E-state index contributed by atoms with van der Waals surface area (Å²) in [5.74, 6) is 0.750. The van der Waals surface area contributed by atoms with Gasteiger partial charge in [-0.1, -0.05) is 26.3 Å². The van der Waals surface area contributed by atoms with Crippen molar-refractivity contribution in [1.82, 2.24) is 30.1 Å². The van der Waals surface area contributed by atoms with Gasteiger partial charge in [-0.05, 0) is 92.2 Å². The van der Waals surface area contributed by atoms with Gasteiger partial charge in [0.1, 0.15) is 6.04 Å². The number of hydrogen-bond donors (Lipinski definition) is 1. The molecule has 3 aromatic rings. The summed E-state index contributed by atoms with van der Waals surface area (Å²) in [6.07, 6.45) is 5.33. The van der Waals surface area contributed by atoms with Crippen molar-refractivity contribution < 1.29 is 0 Å². The van der Waals surface area contributed by atoms with Crippen LogP contribution in [0.2, 0.25) is 0 Å². The molecule has 2 aromatic heterocycles. The monoisotopic (exact) mass is 408 g/mol. The number of tetrazole rings is 1. The third kappa shape index (κ3) is 3.78. The van der Waals surface area contributed by atoms with Crippen LogP contribution in [0.5, 0.6) is 0 Å². The molecule has 30 heavy (non-hydrogen) atoms. The number of pyridine rings is 1. The highest BCUT2D eigenvalue weighted by atomic mass is 16.1. The van der Waals surface area contributed by atoms with Crippen LogP contribution < -0.4 is 5.56 Å². The Morgan fingerprint density at radius 3 is 2.60 bits per heavy atom. The van der Waals surface area contributed by atoms with Crippen molar-refractivity contribution in [3.8, 4) is 0 Å². The Bertz CT molecular complexity index is 1080. The molecule has 1 fully saturated rings. The van der Waals surface area contributed by atoms with Crippen LogP contribution in [0.4, 0.5) is 0 Å². The Morgan fingerprint density at radius 1 is 1.13 bits per heavy atom. The molecule has 0 spiro atoms. The Labute approximate surface area is 177 Å². The van der Waals surface area contributed by atoms with Gasteiger partial charge in [0.05, 0.1) is 5.54 Å². The first-order valence-electron chi connectivity index (χ1n) is 11.1. The second-order valence-corrected chi connectivity index (χ2v) is 8.94. The minimum atomic E-state index is -0.260.